The van der Waals surface area contributed by atoms with Crippen molar-refractivity contribution in [1.82, 2.24) is 4.98 Å². The largest absolute Gasteiger partial charge is 0.436 e. The minimum Gasteiger partial charge on any atom is -0.436 e. The second kappa shape index (κ2) is 7.56. The lowest BCUT2D eigenvalue weighted by Crippen LogP contribution is -1.81. The first kappa shape index (κ1) is 17.2. The zero-order chi connectivity index (χ0) is 18.6. The van der Waals surface area contributed by atoms with Crippen molar-refractivity contribution in [3.8, 4) is 11.5 Å². The fourth-order valence-electron chi connectivity index (χ4n) is 2.62. The first-order chi connectivity index (χ1) is 13.2. The zero-order valence-electron chi connectivity index (χ0n) is 14.1. The minimum absolute atomic E-state index is 0.255. The van der Waals surface area contributed by atoms with E-state index >= 15 is 0 Å². The summed E-state index contributed by atoms with van der Waals surface area (Å²) in [4.78, 5) is 8.86. The molecule has 4 aromatic rings. The van der Waals surface area contributed by atoms with Crippen molar-refractivity contribution in [2.24, 2.45) is 4.99 Å². The Bertz CT molecular complexity index is 1150. The summed E-state index contributed by atoms with van der Waals surface area (Å²) in [7, 11) is 0. The Balaban J connectivity index is 1.57. The van der Waals surface area contributed by atoms with Crippen LogP contribution in [0.15, 0.2) is 82.2 Å². The summed E-state index contributed by atoms with van der Waals surface area (Å²) in [6.45, 7) is 0. The van der Waals surface area contributed by atoms with Gasteiger partial charge in [0.05, 0.1) is 16.3 Å². The summed E-state index contributed by atoms with van der Waals surface area (Å²) in [6, 6.07) is 19.6. The molecule has 27 heavy (non-hydrogen) atoms. The van der Waals surface area contributed by atoms with Gasteiger partial charge in [-0.05, 0) is 48.0 Å². The second-order valence-corrected chi connectivity index (χ2v) is 6.25. The van der Waals surface area contributed by atoms with Crippen molar-refractivity contribution in [2.75, 3.05) is 0 Å². The fourth-order valence-corrected chi connectivity index (χ4v) is 2.87. The summed E-state index contributed by atoms with van der Waals surface area (Å²) in [5, 5.41) is 0.255. The van der Waals surface area contributed by atoms with E-state index in [-0.39, 0.29) is 5.02 Å². The van der Waals surface area contributed by atoms with E-state index in [2.05, 4.69) is 9.98 Å². The van der Waals surface area contributed by atoms with Gasteiger partial charge in [0.2, 0.25) is 5.89 Å². The maximum Gasteiger partial charge on any atom is 0.228 e. The molecule has 132 valence electrons. The Morgan fingerprint density at radius 2 is 1.85 bits per heavy atom. The minimum atomic E-state index is -0.403. The van der Waals surface area contributed by atoms with E-state index in [4.69, 9.17) is 16.0 Å². The highest BCUT2D eigenvalue weighted by Crippen LogP contribution is 2.31. The molecule has 0 aliphatic carbocycles. The van der Waals surface area contributed by atoms with E-state index < -0.39 is 5.82 Å². The summed E-state index contributed by atoms with van der Waals surface area (Å²) in [6.07, 6.45) is 5.59. The van der Waals surface area contributed by atoms with E-state index in [1.165, 1.54) is 12.1 Å². The average Bonchev–Trinajstić information content (AvgIpc) is 3.09. The SMILES string of the molecule is Fc1ccc(-c2nc3cc(N=C/C=C/c4ccccc4)ccc3o2)c(Cl)c1. The number of hydrogen-bond donors (Lipinski definition) is 0. The van der Waals surface area contributed by atoms with E-state index in [0.717, 1.165) is 11.3 Å². The molecule has 0 fully saturated rings. The molecule has 0 bridgehead atoms. The molecule has 0 amide bonds. The molecular weight excluding hydrogens is 363 g/mol. The van der Waals surface area contributed by atoms with Gasteiger partial charge < -0.3 is 4.42 Å². The van der Waals surface area contributed by atoms with Gasteiger partial charge in [-0.25, -0.2) is 9.37 Å². The predicted molar refractivity (Wildman–Crippen MR) is 108 cm³/mol. The van der Waals surface area contributed by atoms with Gasteiger partial charge in [-0.2, -0.15) is 0 Å². The molecule has 5 heteroatoms. The van der Waals surface area contributed by atoms with Gasteiger partial charge in [-0.15, -0.1) is 0 Å². The summed E-state index contributed by atoms with van der Waals surface area (Å²) < 4.78 is 18.9. The third-order valence-corrected chi connectivity index (χ3v) is 4.24. The number of fused-ring (bicyclic) bond motifs is 1. The molecule has 0 aliphatic rings. The maximum absolute atomic E-state index is 13.2. The number of nitrogens with zero attached hydrogens (tertiary/aromatic N) is 2. The average molecular weight is 377 g/mol. The van der Waals surface area contributed by atoms with Gasteiger partial charge in [-0.1, -0.05) is 48.0 Å². The summed E-state index contributed by atoms with van der Waals surface area (Å²) >= 11 is 6.09. The van der Waals surface area contributed by atoms with Crippen LogP contribution in [-0.4, -0.2) is 11.2 Å². The topological polar surface area (TPSA) is 38.4 Å². The monoisotopic (exact) mass is 376 g/mol. The summed E-state index contributed by atoms with van der Waals surface area (Å²) in [5.74, 6) is -0.0554. The van der Waals surface area contributed by atoms with Gasteiger partial charge in [0.1, 0.15) is 11.3 Å². The van der Waals surface area contributed by atoms with E-state index in [0.29, 0.717) is 22.6 Å². The van der Waals surface area contributed by atoms with Crippen molar-refractivity contribution in [2.45, 2.75) is 0 Å². The van der Waals surface area contributed by atoms with Crippen LogP contribution in [0, 0.1) is 5.82 Å². The normalized spacial score (nSPS) is 11.8. The quantitative estimate of drug-likeness (QED) is 0.371. The molecule has 1 heterocycles. The lowest BCUT2D eigenvalue weighted by Gasteiger charge is -1.98. The third kappa shape index (κ3) is 3.96. The van der Waals surface area contributed by atoms with Crippen molar-refractivity contribution in [3.05, 3.63) is 89.2 Å². The van der Waals surface area contributed by atoms with E-state index in [1.54, 1.807) is 18.3 Å². The third-order valence-electron chi connectivity index (χ3n) is 3.93. The number of hydrogen-bond acceptors (Lipinski definition) is 3. The van der Waals surface area contributed by atoms with Crippen LogP contribution in [0.25, 0.3) is 28.6 Å². The first-order valence-electron chi connectivity index (χ1n) is 8.31. The van der Waals surface area contributed by atoms with Crippen LogP contribution in [0.3, 0.4) is 0 Å². The molecule has 3 aromatic carbocycles. The summed E-state index contributed by atoms with van der Waals surface area (Å²) in [5.41, 5.74) is 3.68. The van der Waals surface area contributed by atoms with E-state index in [9.17, 15) is 4.39 Å². The van der Waals surface area contributed by atoms with Crippen LogP contribution in [0.5, 0.6) is 0 Å². The molecule has 1 aromatic heterocycles. The highest BCUT2D eigenvalue weighted by atomic mass is 35.5. The first-order valence-corrected chi connectivity index (χ1v) is 8.69. The Labute approximate surface area is 160 Å². The predicted octanol–water partition coefficient (Wildman–Crippen LogP) is 6.70. The molecule has 4 rings (SSSR count). The van der Waals surface area contributed by atoms with E-state index in [1.807, 2.05) is 54.6 Å². The number of aliphatic imine (C=N–C) groups is 1. The molecule has 0 spiro atoms. The number of oxazole rings is 1. The van der Waals surface area contributed by atoms with Gasteiger partial charge in [0, 0.05) is 6.21 Å². The zero-order valence-corrected chi connectivity index (χ0v) is 14.9. The van der Waals surface area contributed by atoms with Gasteiger partial charge in [0.15, 0.2) is 5.58 Å². The van der Waals surface area contributed by atoms with Gasteiger partial charge >= 0.3 is 0 Å². The maximum atomic E-state index is 13.2. The Hall–Kier alpha value is -3.24. The molecule has 0 N–H and O–H groups in total. The standard InChI is InChI=1S/C22H14ClFN2O/c23-19-13-16(24)8-10-18(19)22-26-20-14-17(9-11-21(20)27-22)25-12-4-7-15-5-2-1-3-6-15/h1-14H/b7-4+,25-12?. The van der Waals surface area contributed by atoms with Gasteiger partial charge in [-0.3, -0.25) is 4.99 Å². The number of aromatic nitrogens is 1. The van der Waals surface area contributed by atoms with Crippen LogP contribution < -0.4 is 0 Å². The number of allylic oxidation sites excluding steroid dienone is 1. The van der Waals surface area contributed by atoms with Crippen LogP contribution in [-0.2, 0) is 0 Å². The van der Waals surface area contributed by atoms with Crippen molar-refractivity contribution >= 4 is 40.7 Å². The van der Waals surface area contributed by atoms with Gasteiger partial charge in [0.25, 0.3) is 0 Å². The highest BCUT2D eigenvalue weighted by molar-refractivity contribution is 6.33. The lowest BCUT2D eigenvalue weighted by atomic mass is 10.2. The fraction of sp³-hybridized carbons (Fsp3) is 0. The molecule has 0 radical (unpaired) electrons. The van der Waals surface area contributed by atoms with Crippen molar-refractivity contribution < 1.29 is 8.81 Å². The Kier molecular flexibility index (Phi) is 4.81. The molecule has 0 atom stereocenters. The van der Waals surface area contributed by atoms with Crippen LogP contribution in [0.4, 0.5) is 10.1 Å². The van der Waals surface area contributed by atoms with Crippen molar-refractivity contribution in [1.29, 1.82) is 0 Å². The number of rotatable bonds is 4. The van der Waals surface area contributed by atoms with Crippen molar-refractivity contribution in [3.63, 3.8) is 0 Å². The molecule has 0 aliphatic heterocycles. The number of halogens is 2. The van der Waals surface area contributed by atoms with Crippen LogP contribution in [0.2, 0.25) is 5.02 Å². The molecule has 3 nitrogen and oxygen atoms in total. The Morgan fingerprint density at radius 1 is 1.00 bits per heavy atom. The van der Waals surface area contributed by atoms with Crippen LogP contribution >= 0.6 is 11.6 Å². The molecule has 0 unspecified atom stereocenters. The lowest BCUT2D eigenvalue weighted by molar-refractivity contribution is 0.616. The highest BCUT2D eigenvalue weighted by Gasteiger charge is 2.12. The number of benzene rings is 3. The molecule has 0 saturated carbocycles. The Morgan fingerprint density at radius 3 is 2.67 bits per heavy atom. The molecular formula is C22H14ClFN2O. The van der Waals surface area contributed by atoms with Crippen LogP contribution in [0.1, 0.15) is 5.56 Å². The molecule has 0 saturated heterocycles. The second-order valence-electron chi connectivity index (χ2n) is 5.84. The smallest absolute Gasteiger partial charge is 0.228 e.